The van der Waals surface area contributed by atoms with Crippen molar-refractivity contribution in [2.75, 3.05) is 18.4 Å². The largest absolute Gasteiger partial charge is 0.416 e. The number of nitrogens with zero attached hydrogens (tertiary/aromatic N) is 1. The molecule has 3 nitrogen and oxygen atoms in total. The Morgan fingerprint density at radius 3 is 2.41 bits per heavy atom. The molecule has 0 saturated heterocycles. The average Bonchev–Trinajstić information content (AvgIpc) is 2.90. The van der Waals surface area contributed by atoms with Crippen molar-refractivity contribution in [1.82, 2.24) is 4.90 Å². The molecular weight excluding hydrogens is 497 g/mol. The van der Waals surface area contributed by atoms with Gasteiger partial charge in [-0.25, -0.2) is 0 Å². The van der Waals surface area contributed by atoms with Gasteiger partial charge in [0.1, 0.15) is 0 Å². The Morgan fingerprint density at radius 1 is 0.949 bits per heavy atom. The minimum absolute atomic E-state index is 0.285. The zero-order chi connectivity index (χ0) is 27.8. The summed E-state index contributed by atoms with van der Waals surface area (Å²) in [4.78, 5) is 15.8. The summed E-state index contributed by atoms with van der Waals surface area (Å²) in [6.45, 7) is 9.96. The van der Waals surface area contributed by atoms with Crippen molar-refractivity contribution in [2.45, 2.75) is 59.2 Å². The number of allylic oxidation sites excluding steroid dienone is 2. The number of nitrogens with one attached hydrogen (secondary N) is 1. The fourth-order valence-corrected chi connectivity index (χ4v) is 6.05. The Balaban J connectivity index is 1.27. The molecule has 1 aliphatic carbocycles. The summed E-state index contributed by atoms with van der Waals surface area (Å²) in [5.41, 5.74) is 7.54. The van der Waals surface area contributed by atoms with Crippen LogP contribution in [-0.2, 0) is 19.1 Å². The van der Waals surface area contributed by atoms with Crippen molar-refractivity contribution in [1.29, 1.82) is 0 Å². The lowest BCUT2D eigenvalue weighted by Gasteiger charge is -2.41. The first-order valence-electron chi connectivity index (χ1n) is 13.6. The first-order valence-corrected chi connectivity index (χ1v) is 13.6. The molecule has 1 atom stereocenters. The number of fused-ring (bicyclic) bond motifs is 1. The molecule has 0 spiro atoms. The summed E-state index contributed by atoms with van der Waals surface area (Å²) in [5, 5.41) is 3.01. The number of alkyl halides is 3. The lowest BCUT2D eigenvalue weighted by Crippen LogP contribution is -2.40. The Labute approximate surface area is 228 Å². The third-order valence-corrected chi connectivity index (χ3v) is 8.38. The third-order valence-electron chi connectivity index (χ3n) is 8.38. The van der Waals surface area contributed by atoms with Gasteiger partial charge < -0.3 is 5.32 Å². The smallest absolute Gasteiger partial charge is 0.322 e. The van der Waals surface area contributed by atoms with Gasteiger partial charge in [-0.1, -0.05) is 54.5 Å². The van der Waals surface area contributed by atoms with Crippen LogP contribution in [0.3, 0.4) is 0 Å². The van der Waals surface area contributed by atoms with Crippen LogP contribution in [0.5, 0.6) is 0 Å². The van der Waals surface area contributed by atoms with E-state index in [1.54, 1.807) is 35.4 Å². The van der Waals surface area contributed by atoms with E-state index in [4.69, 9.17) is 0 Å². The molecule has 1 unspecified atom stereocenters. The zero-order valence-electron chi connectivity index (χ0n) is 22.8. The highest BCUT2D eigenvalue weighted by atomic mass is 19.4. The van der Waals surface area contributed by atoms with Gasteiger partial charge in [0, 0.05) is 30.9 Å². The minimum Gasteiger partial charge on any atom is -0.322 e. The number of halogens is 3. The predicted octanol–water partition coefficient (Wildman–Crippen LogP) is 8.51. The van der Waals surface area contributed by atoms with Crippen molar-refractivity contribution in [3.63, 3.8) is 0 Å². The van der Waals surface area contributed by atoms with E-state index in [0.717, 1.165) is 43.9 Å². The molecule has 0 aromatic heterocycles. The summed E-state index contributed by atoms with van der Waals surface area (Å²) in [6.07, 6.45) is 0.130. The third kappa shape index (κ3) is 6.11. The molecule has 0 saturated carbocycles. The molecule has 0 radical (unpaired) electrons. The number of carbonyl (C=O) groups is 1. The second-order valence-corrected chi connectivity index (χ2v) is 11.6. The maximum Gasteiger partial charge on any atom is 0.416 e. The molecule has 3 aromatic rings. The fourth-order valence-electron chi connectivity index (χ4n) is 6.05. The first-order chi connectivity index (χ1) is 18.5. The second kappa shape index (κ2) is 10.6. The van der Waals surface area contributed by atoms with Gasteiger partial charge in [-0.05, 0) is 97.5 Å². The molecule has 0 fully saturated rings. The monoisotopic (exact) mass is 532 g/mol. The van der Waals surface area contributed by atoms with E-state index in [0.29, 0.717) is 22.1 Å². The van der Waals surface area contributed by atoms with E-state index < -0.39 is 11.7 Å². The van der Waals surface area contributed by atoms with E-state index in [1.807, 2.05) is 6.07 Å². The van der Waals surface area contributed by atoms with Gasteiger partial charge in [0.05, 0.1) is 5.56 Å². The van der Waals surface area contributed by atoms with Gasteiger partial charge in [0.15, 0.2) is 0 Å². The Bertz CT molecular complexity index is 1410. The van der Waals surface area contributed by atoms with Gasteiger partial charge in [-0.3, -0.25) is 9.69 Å². The maximum atomic E-state index is 13.3. The van der Waals surface area contributed by atoms with Crippen molar-refractivity contribution in [3.05, 3.63) is 100 Å². The van der Waals surface area contributed by atoms with Crippen molar-refractivity contribution in [3.8, 4) is 11.1 Å². The number of hydrogen-bond donors (Lipinski definition) is 1. The summed E-state index contributed by atoms with van der Waals surface area (Å²) in [6, 6.07) is 18.0. The standard InChI is InChI=1S/C33H35F3N2O/c1-22-14-16-32(3,19-23(22)2)21-38-17-15-25-18-28(13-10-26(25)20-38)37-31(39)30-7-5-4-6-29(30)24-8-11-27(12-9-24)33(34,35)36/h4-13,18H,14-17,19-21H2,1-3H3,(H,37,39). The van der Waals surface area contributed by atoms with Crippen LogP contribution >= 0.6 is 0 Å². The van der Waals surface area contributed by atoms with Crippen LogP contribution in [0.25, 0.3) is 11.1 Å². The molecule has 39 heavy (non-hydrogen) atoms. The quantitative estimate of drug-likeness (QED) is 0.334. The second-order valence-electron chi connectivity index (χ2n) is 11.6. The molecule has 1 heterocycles. The Morgan fingerprint density at radius 2 is 1.69 bits per heavy atom. The van der Waals surface area contributed by atoms with Crippen LogP contribution in [0.4, 0.5) is 18.9 Å². The fraction of sp³-hybridized carbons (Fsp3) is 0.364. The highest BCUT2D eigenvalue weighted by Gasteiger charge is 2.32. The average molecular weight is 533 g/mol. The van der Waals surface area contributed by atoms with E-state index in [-0.39, 0.29) is 5.91 Å². The summed E-state index contributed by atoms with van der Waals surface area (Å²) < 4.78 is 39.0. The highest BCUT2D eigenvalue weighted by Crippen LogP contribution is 2.40. The number of rotatable bonds is 5. The van der Waals surface area contributed by atoms with Crippen molar-refractivity contribution in [2.24, 2.45) is 5.41 Å². The molecule has 1 aliphatic heterocycles. The summed E-state index contributed by atoms with van der Waals surface area (Å²) >= 11 is 0. The molecule has 3 aromatic carbocycles. The molecular formula is C33H35F3N2O. The van der Waals surface area contributed by atoms with E-state index >= 15 is 0 Å². The van der Waals surface area contributed by atoms with E-state index in [1.165, 1.54) is 42.5 Å². The normalized spacial score (nSPS) is 20.1. The first kappa shape index (κ1) is 27.2. The van der Waals surface area contributed by atoms with Crippen LogP contribution in [-0.4, -0.2) is 23.9 Å². The number of hydrogen-bond acceptors (Lipinski definition) is 2. The number of carbonyl (C=O) groups excluding carboxylic acids is 1. The van der Waals surface area contributed by atoms with Crippen LogP contribution in [0, 0.1) is 5.41 Å². The summed E-state index contributed by atoms with van der Waals surface area (Å²) in [7, 11) is 0. The van der Waals surface area contributed by atoms with Crippen LogP contribution < -0.4 is 5.32 Å². The highest BCUT2D eigenvalue weighted by molar-refractivity contribution is 6.08. The molecule has 0 bridgehead atoms. The molecule has 5 rings (SSSR count). The van der Waals surface area contributed by atoms with Crippen molar-refractivity contribution < 1.29 is 18.0 Å². The van der Waals surface area contributed by atoms with Crippen LogP contribution in [0.15, 0.2) is 77.9 Å². The van der Waals surface area contributed by atoms with Gasteiger partial charge in [0.25, 0.3) is 5.91 Å². The number of amides is 1. The molecule has 2 aliphatic rings. The van der Waals surface area contributed by atoms with E-state index in [9.17, 15) is 18.0 Å². The lowest BCUT2D eigenvalue weighted by atomic mass is 9.73. The maximum absolute atomic E-state index is 13.3. The van der Waals surface area contributed by atoms with Gasteiger partial charge >= 0.3 is 6.18 Å². The minimum atomic E-state index is -4.40. The van der Waals surface area contributed by atoms with Crippen molar-refractivity contribution >= 4 is 11.6 Å². The molecule has 204 valence electrons. The Kier molecular flexibility index (Phi) is 7.43. The predicted molar refractivity (Wildman–Crippen MR) is 151 cm³/mol. The SMILES string of the molecule is CC1=C(C)CC(C)(CN2CCc3cc(NC(=O)c4ccccc4-c4ccc(C(F)(F)F)cc4)ccc3C2)CC1. The summed E-state index contributed by atoms with van der Waals surface area (Å²) in [5.74, 6) is -0.285. The lowest BCUT2D eigenvalue weighted by molar-refractivity contribution is -0.137. The van der Waals surface area contributed by atoms with Gasteiger partial charge in [-0.2, -0.15) is 13.2 Å². The molecule has 1 N–H and O–H groups in total. The molecule has 6 heteroatoms. The zero-order valence-corrected chi connectivity index (χ0v) is 22.8. The Hall–Kier alpha value is -3.38. The van der Waals surface area contributed by atoms with E-state index in [2.05, 4.69) is 43.1 Å². The molecule has 1 amide bonds. The number of benzene rings is 3. The van der Waals surface area contributed by atoms with Gasteiger partial charge in [-0.15, -0.1) is 0 Å². The van der Waals surface area contributed by atoms with Crippen LogP contribution in [0.2, 0.25) is 0 Å². The topological polar surface area (TPSA) is 32.3 Å². The van der Waals surface area contributed by atoms with Crippen LogP contribution in [0.1, 0.15) is 67.1 Å². The number of anilines is 1. The van der Waals surface area contributed by atoms with Gasteiger partial charge in [0.2, 0.25) is 0 Å².